The number of halogens is 10. The van der Waals surface area contributed by atoms with Crippen LogP contribution in [0.25, 0.3) is 11.1 Å². The summed E-state index contributed by atoms with van der Waals surface area (Å²) in [5.74, 6) is -26.6. The maximum atomic E-state index is 13.4. The van der Waals surface area contributed by atoms with Gasteiger partial charge >= 0.3 is 0 Å². The Morgan fingerprint density at radius 3 is 1.03 bits per heavy atom. The van der Waals surface area contributed by atoms with Gasteiger partial charge in [0.05, 0.1) is 11.1 Å². The fourth-order valence-electron chi connectivity index (χ4n) is 3.03. The number of rotatable bonds is 10. The zero-order valence-corrected chi connectivity index (χ0v) is 19.6. The van der Waals surface area contributed by atoms with Crippen LogP contribution in [0, 0.1) is 58.2 Å². The third kappa shape index (κ3) is 7.33. The minimum absolute atomic E-state index is 1.23. The normalized spacial score (nSPS) is 11.3. The van der Waals surface area contributed by atoms with Crippen molar-refractivity contribution in [2.75, 3.05) is 12.3 Å². The molecule has 0 aromatic heterocycles. The van der Waals surface area contributed by atoms with Gasteiger partial charge in [-0.15, -0.1) is 8.58 Å². The van der Waals surface area contributed by atoms with Gasteiger partial charge in [-0.1, -0.05) is 52.4 Å². The van der Waals surface area contributed by atoms with E-state index in [-0.39, 0.29) is 0 Å². The summed E-state index contributed by atoms with van der Waals surface area (Å²) < 4.78 is 131. The van der Waals surface area contributed by atoms with Crippen LogP contribution in [0.4, 0.5) is 43.9 Å². The first-order valence-electron chi connectivity index (χ1n) is 10.8. The lowest BCUT2D eigenvalue weighted by Crippen LogP contribution is -2.10. The van der Waals surface area contributed by atoms with Gasteiger partial charge < -0.3 is 0 Å². The Balaban J connectivity index is 0.000000411. The molecule has 0 amide bonds. The molecule has 0 saturated heterocycles. The SMILES string of the molecule is CCCCCCCCCPCC.Fc1c(F)c(F)c(-c2c(F)c(F)c(F)c(F)c2F)c(F)c1F. The predicted octanol–water partition coefficient (Wildman–Crippen LogP) is 9.18. The molecule has 0 aliphatic rings. The number of unbranched alkanes of at least 4 members (excludes halogenated alkanes) is 6. The topological polar surface area (TPSA) is 0 Å². The lowest BCUT2D eigenvalue weighted by atomic mass is 10.0. The summed E-state index contributed by atoms with van der Waals surface area (Å²) in [7, 11) is 1.23. The Morgan fingerprint density at radius 2 is 0.706 bits per heavy atom. The molecular weight excluding hydrogens is 497 g/mol. The molecule has 0 spiro atoms. The van der Waals surface area contributed by atoms with E-state index in [2.05, 4.69) is 13.8 Å². The molecule has 1 unspecified atom stereocenters. The van der Waals surface area contributed by atoms with Gasteiger partial charge in [0.2, 0.25) is 11.6 Å². The highest BCUT2D eigenvalue weighted by Crippen LogP contribution is 2.37. The van der Waals surface area contributed by atoms with Gasteiger partial charge in [0, 0.05) is 0 Å². The van der Waals surface area contributed by atoms with E-state index < -0.39 is 69.3 Å². The van der Waals surface area contributed by atoms with E-state index in [1.165, 1.54) is 65.9 Å². The first kappa shape index (κ1) is 30.2. The van der Waals surface area contributed by atoms with Gasteiger partial charge in [0.1, 0.15) is 0 Å². The third-order valence-corrected chi connectivity index (χ3v) is 6.08. The number of benzene rings is 2. The quantitative estimate of drug-likeness (QED) is 0.0960. The minimum atomic E-state index is -2.68. The number of hydrogen-bond donors (Lipinski definition) is 0. The van der Waals surface area contributed by atoms with Crippen LogP contribution in [0.5, 0.6) is 0 Å². The molecule has 0 aliphatic heterocycles. The van der Waals surface area contributed by atoms with Crippen LogP contribution in [0.2, 0.25) is 0 Å². The molecule has 2 aromatic carbocycles. The van der Waals surface area contributed by atoms with Crippen molar-refractivity contribution < 1.29 is 43.9 Å². The Labute approximate surface area is 193 Å². The molecule has 34 heavy (non-hydrogen) atoms. The van der Waals surface area contributed by atoms with Crippen LogP contribution in [-0.2, 0) is 0 Å². The summed E-state index contributed by atoms with van der Waals surface area (Å²) in [5, 5.41) is 0. The lowest BCUT2D eigenvalue weighted by molar-refractivity contribution is 0.370. The maximum absolute atomic E-state index is 13.4. The molecule has 0 heterocycles. The van der Waals surface area contributed by atoms with Crippen LogP contribution in [0.3, 0.4) is 0 Å². The van der Waals surface area contributed by atoms with Gasteiger partial charge in [-0.3, -0.25) is 0 Å². The summed E-state index contributed by atoms with van der Waals surface area (Å²) in [6.45, 7) is 4.57. The molecular formula is C23H25F10P. The first-order chi connectivity index (χ1) is 16.0. The summed E-state index contributed by atoms with van der Waals surface area (Å²) in [6, 6.07) is 0. The average Bonchev–Trinajstić information content (AvgIpc) is 2.83. The van der Waals surface area contributed by atoms with E-state index in [1.807, 2.05) is 0 Å². The summed E-state index contributed by atoms with van der Waals surface area (Å²) in [6.07, 6.45) is 13.1. The molecule has 0 aliphatic carbocycles. The highest BCUT2D eigenvalue weighted by atomic mass is 31.1. The second-order valence-electron chi connectivity index (χ2n) is 7.36. The van der Waals surface area contributed by atoms with Crippen molar-refractivity contribution in [1.82, 2.24) is 0 Å². The van der Waals surface area contributed by atoms with E-state index in [4.69, 9.17) is 0 Å². The second-order valence-corrected chi connectivity index (χ2v) is 9.07. The van der Waals surface area contributed by atoms with Gasteiger partial charge in [0.25, 0.3) is 0 Å². The highest BCUT2D eigenvalue weighted by Gasteiger charge is 2.34. The van der Waals surface area contributed by atoms with E-state index >= 15 is 0 Å². The van der Waals surface area contributed by atoms with Crippen LogP contribution in [-0.4, -0.2) is 12.3 Å². The Morgan fingerprint density at radius 1 is 0.412 bits per heavy atom. The second kappa shape index (κ2) is 14.5. The summed E-state index contributed by atoms with van der Waals surface area (Å²) in [4.78, 5) is 0. The molecule has 192 valence electrons. The zero-order chi connectivity index (χ0) is 26.0. The Bertz CT molecular complexity index is 826. The number of hydrogen-bond acceptors (Lipinski definition) is 0. The van der Waals surface area contributed by atoms with Gasteiger partial charge in [-0.05, 0) is 18.7 Å². The van der Waals surface area contributed by atoms with Gasteiger partial charge in [-0.2, -0.15) is 0 Å². The predicted molar refractivity (Wildman–Crippen MR) is 113 cm³/mol. The fraction of sp³-hybridized carbons (Fsp3) is 0.478. The fourth-order valence-corrected chi connectivity index (χ4v) is 3.89. The van der Waals surface area contributed by atoms with Crippen molar-refractivity contribution in [3.8, 4) is 11.1 Å². The van der Waals surface area contributed by atoms with Gasteiger partial charge in [0.15, 0.2) is 46.5 Å². The van der Waals surface area contributed by atoms with E-state index in [0.717, 1.165) is 0 Å². The molecule has 0 bridgehead atoms. The van der Waals surface area contributed by atoms with E-state index in [0.29, 0.717) is 0 Å². The molecule has 0 fully saturated rings. The standard InChI is InChI=1S/C12F10.C11H25P/c13-3-1(4(14)8(18)11(21)7(3)17)2-5(15)9(19)12(22)10(20)6(2)16;1-3-5-6-7-8-9-10-11-12-4-2/h;12H,3-11H2,1-2H3. The largest absolute Gasteiger partial charge is 0.203 e. The van der Waals surface area contributed by atoms with Crippen LogP contribution in [0.15, 0.2) is 0 Å². The monoisotopic (exact) mass is 522 g/mol. The third-order valence-electron chi connectivity index (χ3n) is 4.88. The lowest BCUT2D eigenvalue weighted by Gasteiger charge is -2.11. The highest BCUT2D eigenvalue weighted by molar-refractivity contribution is 7.37. The molecule has 1 atom stereocenters. The summed E-state index contributed by atoms with van der Waals surface area (Å²) >= 11 is 0. The van der Waals surface area contributed by atoms with Crippen molar-refractivity contribution in [2.24, 2.45) is 0 Å². The van der Waals surface area contributed by atoms with Gasteiger partial charge in [-0.25, -0.2) is 43.9 Å². The van der Waals surface area contributed by atoms with Crippen LogP contribution < -0.4 is 0 Å². The molecule has 2 rings (SSSR count). The Kier molecular flexibility index (Phi) is 12.9. The maximum Gasteiger partial charge on any atom is 0.200 e. The van der Waals surface area contributed by atoms with E-state index in [1.54, 1.807) is 0 Å². The molecule has 0 saturated carbocycles. The van der Waals surface area contributed by atoms with Crippen molar-refractivity contribution in [3.05, 3.63) is 58.2 Å². The smallest absolute Gasteiger partial charge is 0.200 e. The van der Waals surface area contributed by atoms with Crippen LogP contribution in [0.1, 0.15) is 58.8 Å². The molecule has 0 nitrogen and oxygen atoms in total. The molecule has 0 N–H and O–H groups in total. The first-order valence-corrected chi connectivity index (χ1v) is 12.2. The van der Waals surface area contributed by atoms with Crippen molar-refractivity contribution >= 4 is 8.58 Å². The van der Waals surface area contributed by atoms with Crippen molar-refractivity contribution in [3.63, 3.8) is 0 Å². The van der Waals surface area contributed by atoms with E-state index in [9.17, 15) is 43.9 Å². The summed E-state index contributed by atoms with van der Waals surface area (Å²) in [5.41, 5.74) is -4.52. The molecule has 2 aromatic rings. The average molecular weight is 522 g/mol. The Hall–Kier alpha value is -1.83. The van der Waals surface area contributed by atoms with Crippen molar-refractivity contribution in [2.45, 2.75) is 58.8 Å². The minimum Gasteiger partial charge on any atom is -0.203 e. The van der Waals surface area contributed by atoms with Crippen molar-refractivity contribution in [1.29, 1.82) is 0 Å². The molecule has 11 heteroatoms. The zero-order valence-electron chi connectivity index (χ0n) is 18.6. The molecule has 0 radical (unpaired) electrons. The van der Waals surface area contributed by atoms with Crippen LogP contribution >= 0.6 is 8.58 Å².